The molecular formula is C27H22O2. The molecule has 0 atom stereocenters. The van der Waals surface area contributed by atoms with E-state index in [-0.39, 0.29) is 12.6 Å². The van der Waals surface area contributed by atoms with Crippen LogP contribution in [0.1, 0.15) is 21.5 Å². The number of carbonyl (C=O) groups is 1. The molecule has 0 saturated carbocycles. The highest BCUT2D eigenvalue weighted by Crippen LogP contribution is 2.33. The highest BCUT2D eigenvalue weighted by atomic mass is 16.5. The van der Waals surface area contributed by atoms with Crippen LogP contribution in [0.4, 0.5) is 0 Å². The largest absolute Gasteiger partial charge is 0.457 e. The summed E-state index contributed by atoms with van der Waals surface area (Å²) in [5.74, 6) is -0.303. The summed E-state index contributed by atoms with van der Waals surface area (Å²) in [5.41, 5.74) is 6.53. The second-order valence-electron chi connectivity index (χ2n) is 6.95. The molecule has 2 nitrogen and oxygen atoms in total. The van der Waals surface area contributed by atoms with Crippen molar-refractivity contribution in [1.29, 1.82) is 0 Å². The quantitative estimate of drug-likeness (QED) is 0.362. The van der Waals surface area contributed by atoms with Crippen LogP contribution in [0.25, 0.3) is 22.3 Å². The third-order valence-corrected chi connectivity index (χ3v) is 5.05. The van der Waals surface area contributed by atoms with Crippen LogP contribution in [0.15, 0.2) is 103 Å². The first-order valence-electron chi connectivity index (χ1n) is 9.69. The van der Waals surface area contributed by atoms with Gasteiger partial charge in [0, 0.05) is 0 Å². The number of benzene rings is 4. The van der Waals surface area contributed by atoms with Crippen molar-refractivity contribution in [3.8, 4) is 22.3 Å². The van der Waals surface area contributed by atoms with Crippen molar-refractivity contribution in [2.75, 3.05) is 0 Å². The van der Waals surface area contributed by atoms with Gasteiger partial charge in [0.15, 0.2) is 0 Å². The Kier molecular flexibility index (Phi) is 5.53. The maximum Gasteiger partial charge on any atom is 0.339 e. The molecule has 0 fully saturated rings. The van der Waals surface area contributed by atoms with Gasteiger partial charge in [-0.1, -0.05) is 103 Å². The van der Waals surface area contributed by atoms with E-state index in [0.29, 0.717) is 5.56 Å². The topological polar surface area (TPSA) is 26.3 Å². The lowest BCUT2D eigenvalue weighted by Gasteiger charge is -2.16. The minimum absolute atomic E-state index is 0.253. The lowest BCUT2D eigenvalue weighted by molar-refractivity contribution is 0.0473. The molecule has 0 heterocycles. The van der Waals surface area contributed by atoms with Crippen molar-refractivity contribution < 1.29 is 9.53 Å². The van der Waals surface area contributed by atoms with Crippen LogP contribution in [-0.4, -0.2) is 5.97 Å². The number of ether oxygens (including phenoxy) is 1. The second-order valence-corrected chi connectivity index (χ2v) is 6.95. The Hall–Kier alpha value is -3.65. The maximum atomic E-state index is 13.2. The van der Waals surface area contributed by atoms with Crippen LogP contribution in [0.3, 0.4) is 0 Å². The number of hydrogen-bond acceptors (Lipinski definition) is 2. The van der Waals surface area contributed by atoms with E-state index in [1.165, 1.54) is 0 Å². The van der Waals surface area contributed by atoms with E-state index < -0.39 is 0 Å². The zero-order valence-corrected chi connectivity index (χ0v) is 16.3. The Labute approximate surface area is 171 Å². The fourth-order valence-electron chi connectivity index (χ4n) is 3.56. The van der Waals surface area contributed by atoms with E-state index in [0.717, 1.165) is 33.4 Å². The third-order valence-electron chi connectivity index (χ3n) is 5.05. The average molecular weight is 378 g/mol. The molecule has 0 aromatic heterocycles. The molecule has 2 heteroatoms. The van der Waals surface area contributed by atoms with Gasteiger partial charge in [-0.3, -0.25) is 0 Å². The first-order valence-corrected chi connectivity index (χ1v) is 9.69. The molecule has 142 valence electrons. The maximum absolute atomic E-state index is 13.2. The first kappa shape index (κ1) is 18.7. The molecule has 0 radical (unpaired) electrons. The van der Waals surface area contributed by atoms with E-state index >= 15 is 0 Å². The Morgan fingerprint density at radius 1 is 0.655 bits per heavy atom. The lowest BCUT2D eigenvalue weighted by Crippen LogP contribution is -2.10. The summed E-state index contributed by atoms with van der Waals surface area (Å²) in [7, 11) is 0. The summed E-state index contributed by atoms with van der Waals surface area (Å²) in [4.78, 5) is 13.2. The summed E-state index contributed by atoms with van der Waals surface area (Å²) < 4.78 is 5.71. The molecule has 0 saturated heterocycles. The van der Waals surface area contributed by atoms with Crippen LogP contribution in [0.2, 0.25) is 0 Å². The van der Waals surface area contributed by atoms with E-state index in [2.05, 4.69) is 18.2 Å². The predicted octanol–water partition coefficient (Wildman–Crippen LogP) is 6.69. The van der Waals surface area contributed by atoms with Gasteiger partial charge in [0.2, 0.25) is 0 Å². The lowest BCUT2D eigenvalue weighted by atomic mass is 9.90. The van der Waals surface area contributed by atoms with Gasteiger partial charge < -0.3 is 4.74 Å². The van der Waals surface area contributed by atoms with Crippen LogP contribution in [-0.2, 0) is 11.3 Å². The molecule has 4 aromatic carbocycles. The molecule has 0 aliphatic carbocycles. The molecule has 0 bridgehead atoms. The van der Waals surface area contributed by atoms with Crippen molar-refractivity contribution in [1.82, 2.24) is 0 Å². The van der Waals surface area contributed by atoms with E-state index in [1.54, 1.807) is 0 Å². The van der Waals surface area contributed by atoms with Crippen molar-refractivity contribution in [3.05, 3.63) is 120 Å². The zero-order valence-electron chi connectivity index (χ0n) is 16.3. The number of hydrogen-bond donors (Lipinski definition) is 0. The Morgan fingerprint density at radius 2 is 1.14 bits per heavy atom. The standard InChI is InChI=1S/C27H22O2/c1-20-24(22-13-7-3-8-14-22)17-18-25(23-15-9-4-10-16-23)26(20)27(28)29-19-21-11-5-2-6-12-21/h2-18H,19H2,1H3. The SMILES string of the molecule is Cc1c(-c2ccccc2)ccc(-c2ccccc2)c1C(=O)OCc1ccccc1. The van der Waals surface area contributed by atoms with Crippen LogP contribution in [0, 0.1) is 6.92 Å². The first-order chi connectivity index (χ1) is 14.2. The fourth-order valence-corrected chi connectivity index (χ4v) is 3.56. The predicted molar refractivity (Wildman–Crippen MR) is 118 cm³/mol. The molecule has 0 amide bonds. The van der Waals surface area contributed by atoms with Gasteiger partial charge >= 0.3 is 5.97 Å². The van der Waals surface area contributed by atoms with E-state index in [1.807, 2.05) is 91.9 Å². The fraction of sp³-hybridized carbons (Fsp3) is 0.0741. The van der Waals surface area contributed by atoms with Crippen molar-refractivity contribution in [3.63, 3.8) is 0 Å². The molecule has 0 aliphatic heterocycles. The van der Waals surface area contributed by atoms with Gasteiger partial charge in [0.05, 0.1) is 5.56 Å². The summed E-state index contributed by atoms with van der Waals surface area (Å²) in [5, 5.41) is 0. The van der Waals surface area contributed by atoms with E-state index in [9.17, 15) is 4.79 Å². The highest BCUT2D eigenvalue weighted by Gasteiger charge is 2.20. The van der Waals surface area contributed by atoms with Gasteiger partial charge in [0.25, 0.3) is 0 Å². The minimum Gasteiger partial charge on any atom is -0.457 e. The van der Waals surface area contributed by atoms with E-state index in [4.69, 9.17) is 4.74 Å². The van der Waals surface area contributed by atoms with Crippen molar-refractivity contribution in [2.24, 2.45) is 0 Å². The molecular weight excluding hydrogens is 356 g/mol. The van der Waals surface area contributed by atoms with Gasteiger partial charge in [-0.2, -0.15) is 0 Å². The molecule has 4 aromatic rings. The Morgan fingerprint density at radius 3 is 1.72 bits per heavy atom. The number of esters is 1. The summed E-state index contributed by atoms with van der Waals surface area (Å²) in [6.45, 7) is 2.25. The normalized spacial score (nSPS) is 10.5. The van der Waals surface area contributed by atoms with Crippen LogP contribution in [0.5, 0.6) is 0 Å². The number of carbonyl (C=O) groups excluding carboxylic acids is 1. The highest BCUT2D eigenvalue weighted by molar-refractivity contribution is 6.01. The Bertz CT molecular complexity index is 1100. The van der Waals surface area contributed by atoms with Gasteiger partial charge in [-0.05, 0) is 40.3 Å². The molecule has 0 N–H and O–H groups in total. The number of rotatable bonds is 5. The molecule has 29 heavy (non-hydrogen) atoms. The zero-order chi connectivity index (χ0) is 20.1. The van der Waals surface area contributed by atoms with Crippen molar-refractivity contribution in [2.45, 2.75) is 13.5 Å². The van der Waals surface area contributed by atoms with Gasteiger partial charge in [0.1, 0.15) is 6.61 Å². The summed E-state index contributed by atoms with van der Waals surface area (Å²) in [6.07, 6.45) is 0. The van der Waals surface area contributed by atoms with Gasteiger partial charge in [-0.15, -0.1) is 0 Å². The van der Waals surface area contributed by atoms with Crippen LogP contribution >= 0.6 is 0 Å². The average Bonchev–Trinajstić information content (AvgIpc) is 2.79. The second kappa shape index (κ2) is 8.57. The monoisotopic (exact) mass is 378 g/mol. The molecule has 0 unspecified atom stereocenters. The van der Waals surface area contributed by atoms with Crippen molar-refractivity contribution >= 4 is 5.97 Å². The van der Waals surface area contributed by atoms with Gasteiger partial charge in [-0.25, -0.2) is 4.79 Å². The summed E-state index contributed by atoms with van der Waals surface area (Å²) >= 11 is 0. The molecule has 4 rings (SSSR count). The third kappa shape index (κ3) is 4.12. The Balaban J connectivity index is 1.77. The van der Waals surface area contributed by atoms with Crippen LogP contribution < -0.4 is 0 Å². The minimum atomic E-state index is -0.303. The molecule has 0 aliphatic rings. The molecule has 0 spiro atoms. The summed E-state index contributed by atoms with van der Waals surface area (Å²) in [6, 6.07) is 34.0. The smallest absolute Gasteiger partial charge is 0.339 e.